The summed E-state index contributed by atoms with van der Waals surface area (Å²) in [6.07, 6.45) is 3.92. The van der Waals surface area contributed by atoms with Crippen LogP contribution in [-0.2, 0) is 24.3 Å². The van der Waals surface area contributed by atoms with Gasteiger partial charge in [0.2, 0.25) is 10.0 Å². The Hall–Kier alpha value is -2.17. The van der Waals surface area contributed by atoms with Gasteiger partial charge < -0.3 is 14.7 Å². The van der Waals surface area contributed by atoms with Crippen molar-refractivity contribution in [1.82, 2.24) is 9.21 Å². The molecule has 1 unspecified atom stereocenters. The molecule has 184 valence electrons. The van der Waals surface area contributed by atoms with Gasteiger partial charge >= 0.3 is 5.97 Å². The Morgan fingerprint density at radius 1 is 1.09 bits per heavy atom. The van der Waals surface area contributed by atoms with E-state index in [-0.39, 0.29) is 18.5 Å². The molecule has 3 aliphatic heterocycles. The molecule has 4 rings (SSSR count). The zero-order chi connectivity index (χ0) is 24.1. The lowest BCUT2D eigenvalue weighted by Gasteiger charge is -2.36. The fourth-order valence-corrected chi connectivity index (χ4v) is 5.81. The highest BCUT2D eigenvalue weighted by Gasteiger charge is 2.51. The maximum atomic E-state index is 12.6. The molecule has 1 atom stereocenters. The van der Waals surface area contributed by atoms with E-state index in [1.807, 2.05) is 0 Å². The third-order valence-corrected chi connectivity index (χ3v) is 8.32. The molecule has 0 radical (unpaired) electrons. The van der Waals surface area contributed by atoms with Gasteiger partial charge in [-0.1, -0.05) is 17.7 Å². The largest absolute Gasteiger partial charge is 0.483 e. The third-order valence-electron chi connectivity index (χ3n) is 7.01. The summed E-state index contributed by atoms with van der Waals surface area (Å²) >= 11 is 0. The molecule has 10 heteroatoms. The summed E-state index contributed by atoms with van der Waals surface area (Å²) in [7, 11) is -3.18. The molecule has 0 saturated carbocycles. The second kappa shape index (κ2) is 10.8. The van der Waals surface area contributed by atoms with Crippen molar-refractivity contribution in [2.75, 3.05) is 57.0 Å². The molecular weight excluding hydrogens is 446 g/mol. The Bertz CT molecular complexity index is 905. The summed E-state index contributed by atoms with van der Waals surface area (Å²) in [5, 5.41) is 6.89. The van der Waals surface area contributed by atoms with Gasteiger partial charge in [-0.05, 0) is 38.3 Å². The lowest BCUT2D eigenvalue weighted by molar-refractivity contribution is -0.150. The van der Waals surface area contributed by atoms with E-state index in [2.05, 4.69) is 41.0 Å². The quantitative estimate of drug-likeness (QED) is 0.499. The molecule has 0 aromatic heterocycles. The summed E-state index contributed by atoms with van der Waals surface area (Å²) in [6, 6.07) is 8.70. The van der Waals surface area contributed by atoms with Gasteiger partial charge in [-0.25, -0.2) is 12.7 Å². The van der Waals surface area contributed by atoms with Gasteiger partial charge in [-0.3, -0.25) is 14.5 Å². The zero-order valence-corrected chi connectivity index (χ0v) is 20.3. The summed E-state index contributed by atoms with van der Waals surface area (Å²) in [5.74, 6) is -0.121. The minimum atomic E-state index is -3.18. The third kappa shape index (κ3) is 6.45. The van der Waals surface area contributed by atoms with Crippen LogP contribution in [0, 0.1) is 12.3 Å². The predicted octanol–water partition coefficient (Wildman–Crippen LogP) is 1.57. The van der Waals surface area contributed by atoms with Crippen LogP contribution < -0.4 is 4.90 Å². The highest BCUT2D eigenvalue weighted by atomic mass is 32.2. The Morgan fingerprint density at radius 3 is 2.21 bits per heavy atom. The smallest absolute Gasteiger partial charge is 0.312 e. The number of anilines is 1. The fourth-order valence-electron chi connectivity index (χ4n) is 4.96. The number of piperazine rings is 1. The molecule has 1 spiro atoms. The highest BCUT2D eigenvalue weighted by Crippen LogP contribution is 2.44. The van der Waals surface area contributed by atoms with Crippen molar-refractivity contribution in [3.63, 3.8) is 0 Å². The summed E-state index contributed by atoms with van der Waals surface area (Å²) in [6.45, 7) is 7.69. The number of hydrogen-bond donors (Lipinski definition) is 1. The number of piperidine rings is 1. The average Bonchev–Trinajstić information content (AvgIpc) is 3.08. The topological polar surface area (TPSA) is 107 Å². The van der Waals surface area contributed by atoms with Crippen LogP contribution in [0.1, 0.15) is 31.2 Å². The van der Waals surface area contributed by atoms with Gasteiger partial charge in [0.25, 0.3) is 6.47 Å². The molecule has 3 aliphatic rings. The lowest BCUT2D eigenvalue weighted by Crippen LogP contribution is -2.47. The number of hydrogen-bond acceptors (Lipinski definition) is 7. The van der Waals surface area contributed by atoms with Crippen molar-refractivity contribution in [2.24, 2.45) is 5.41 Å². The van der Waals surface area contributed by atoms with E-state index >= 15 is 0 Å². The van der Waals surface area contributed by atoms with Crippen LogP contribution in [0.5, 0.6) is 0 Å². The average molecular weight is 482 g/mol. The molecule has 3 heterocycles. The van der Waals surface area contributed by atoms with E-state index in [9.17, 15) is 13.2 Å². The van der Waals surface area contributed by atoms with E-state index in [1.165, 1.54) is 21.8 Å². The summed E-state index contributed by atoms with van der Waals surface area (Å²) in [5.41, 5.74) is 2.09. The first-order valence-electron chi connectivity index (χ1n) is 11.4. The standard InChI is InChI=1S/C22H33N3O4S.CH2O2/c1-18-3-5-19(6-4-18)24-15-13-23(14-16-24)10-7-20-17-22(21(26)29-20)8-11-25(12-9-22)30(2,27)28;2-1-3/h3-6,20H,7-17H2,1-2H3;1H,(H,2,3). The zero-order valence-electron chi connectivity index (χ0n) is 19.5. The van der Waals surface area contributed by atoms with E-state index in [4.69, 9.17) is 14.6 Å². The van der Waals surface area contributed by atoms with Crippen LogP contribution >= 0.6 is 0 Å². The number of benzene rings is 1. The van der Waals surface area contributed by atoms with Gasteiger partial charge in [0.1, 0.15) is 6.10 Å². The van der Waals surface area contributed by atoms with Crippen molar-refractivity contribution in [3.8, 4) is 0 Å². The molecular formula is C23H35N3O6S. The minimum Gasteiger partial charge on any atom is -0.483 e. The number of carbonyl (C=O) groups excluding carboxylic acids is 1. The lowest BCUT2D eigenvalue weighted by atomic mass is 9.76. The fraction of sp³-hybridized carbons (Fsp3) is 0.652. The number of carboxylic acid groups (broad SMARTS) is 1. The Labute approximate surface area is 196 Å². The maximum absolute atomic E-state index is 12.6. The molecule has 9 nitrogen and oxygen atoms in total. The van der Waals surface area contributed by atoms with Crippen molar-refractivity contribution >= 4 is 28.2 Å². The van der Waals surface area contributed by atoms with Gasteiger partial charge in [-0.2, -0.15) is 0 Å². The van der Waals surface area contributed by atoms with Gasteiger partial charge in [0.15, 0.2) is 0 Å². The molecule has 0 bridgehead atoms. The molecule has 3 fully saturated rings. The highest BCUT2D eigenvalue weighted by molar-refractivity contribution is 7.88. The van der Waals surface area contributed by atoms with Gasteiger partial charge in [0, 0.05) is 57.9 Å². The second-order valence-electron chi connectivity index (χ2n) is 9.23. The number of cyclic esters (lactones) is 1. The maximum Gasteiger partial charge on any atom is 0.312 e. The predicted molar refractivity (Wildman–Crippen MR) is 126 cm³/mol. The second-order valence-corrected chi connectivity index (χ2v) is 11.2. The first-order chi connectivity index (χ1) is 15.7. The molecule has 1 aromatic rings. The van der Waals surface area contributed by atoms with Gasteiger partial charge in [0.05, 0.1) is 11.7 Å². The van der Waals surface area contributed by atoms with E-state index < -0.39 is 15.4 Å². The van der Waals surface area contributed by atoms with Crippen molar-refractivity contribution in [3.05, 3.63) is 29.8 Å². The first kappa shape index (κ1) is 25.5. The van der Waals surface area contributed by atoms with E-state index in [0.29, 0.717) is 25.9 Å². The first-order valence-corrected chi connectivity index (χ1v) is 13.3. The number of rotatable bonds is 5. The Kier molecular flexibility index (Phi) is 8.36. The van der Waals surface area contributed by atoms with Crippen LogP contribution in [-0.4, -0.2) is 93.3 Å². The summed E-state index contributed by atoms with van der Waals surface area (Å²) < 4.78 is 30.7. The molecule has 3 saturated heterocycles. The van der Waals surface area contributed by atoms with Gasteiger partial charge in [-0.15, -0.1) is 0 Å². The van der Waals surface area contributed by atoms with Crippen LogP contribution in [0.2, 0.25) is 0 Å². The van der Waals surface area contributed by atoms with E-state index in [1.54, 1.807) is 0 Å². The molecule has 1 aromatic carbocycles. The number of sulfonamides is 1. The van der Waals surface area contributed by atoms with Crippen LogP contribution in [0.3, 0.4) is 0 Å². The van der Waals surface area contributed by atoms with Crippen molar-refractivity contribution < 1.29 is 27.9 Å². The number of esters is 1. The number of ether oxygens (including phenoxy) is 1. The number of nitrogens with zero attached hydrogens (tertiary/aromatic N) is 3. The minimum absolute atomic E-state index is 0.0441. The van der Waals surface area contributed by atoms with Crippen LogP contribution in [0.4, 0.5) is 5.69 Å². The van der Waals surface area contributed by atoms with E-state index in [0.717, 1.165) is 45.6 Å². The van der Waals surface area contributed by atoms with Crippen LogP contribution in [0.15, 0.2) is 24.3 Å². The molecule has 33 heavy (non-hydrogen) atoms. The summed E-state index contributed by atoms with van der Waals surface area (Å²) in [4.78, 5) is 25.8. The van der Waals surface area contributed by atoms with Crippen LogP contribution in [0.25, 0.3) is 0 Å². The number of aryl methyl sites for hydroxylation is 1. The SMILES string of the molecule is Cc1ccc(N2CCN(CCC3CC4(CCN(S(C)(=O)=O)CC4)C(=O)O3)CC2)cc1.O=CO. The molecule has 0 amide bonds. The monoisotopic (exact) mass is 481 g/mol. The Balaban J connectivity index is 0.000000968. The molecule has 0 aliphatic carbocycles. The van der Waals surface area contributed by atoms with Crippen molar-refractivity contribution in [1.29, 1.82) is 0 Å². The normalized spacial score (nSPS) is 23.6. The molecule has 1 N–H and O–H groups in total. The number of carbonyl (C=O) groups is 2. The Morgan fingerprint density at radius 2 is 1.67 bits per heavy atom. The van der Waals surface area contributed by atoms with Crippen molar-refractivity contribution in [2.45, 2.75) is 38.7 Å².